The Morgan fingerprint density at radius 2 is 1.81 bits per heavy atom. The second-order valence-electron chi connectivity index (χ2n) is 8.04. The number of methoxy groups -OCH3 is 1. The number of rotatable bonds is 3. The average molecular weight is 424 g/mol. The molecule has 2 amide bonds. The molecule has 1 aliphatic heterocycles. The van der Waals surface area contributed by atoms with Crippen LogP contribution >= 0.6 is 0 Å². The standard InChI is InChI=1S/C27H25N3O2/c1-19-8-5-10-20(16-19)26-25-14-7-15-29(25)24-13-4-3-9-21(24)18-30(26)27(31)28-22-11-6-12-23(17-22)32-2/h3-17,26H,18H2,1-2H3,(H,28,31). The summed E-state index contributed by atoms with van der Waals surface area (Å²) in [6.07, 6.45) is 2.07. The number of nitrogens with one attached hydrogen (secondary N) is 1. The number of benzene rings is 3. The highest BCUT2D eigenvalue weighted by atomic mass is 16.5. The molecule has 5 nitrogen and oxygen atoms in total. The summed E-state index contributed by atoms with van der Waals surface area (Å²) in [6.45, 7) is 2.57. The summed E-state index contributed by atoms with van der Waals surface area (Å²) in [5, 5.41) is 3.08. The second kappa shape index (κ2) is 8.27. The molecule has 1 atom stereocenters. The number of ether oxygens (including phenoxy) is 1. The SMILES string of the molecule is COc1cccc(NC(=O)N2Cc3ccccc3-n3cccc3C2c2cccc(C)c2)c1. The van der Waals surface area contributed by atoms with Crippen LogP contribution in [0.2, 0.25) is 0 Å². The topological polar surface area (TPSA) is 46.5 Å². The number of fused-ring (bicyclic) bond motifs is 3. The van der Waals surface area contributed by atoms with E-state index < -0.39 is 0 Å². The Kier molecular flexibility index (Phi) is 5.15. The maximum atomic E-state index is 13.7. The summed E-state index contributed by atoms with van der Waals surface area (Å²) in [6, 6.07) is 27.8. The molecule has 3 aromatic carbocycles. The third-order valence-electron chi connectivity index (χ3n) is 5.90. The van der Waals surface area contributed by atoms with Gasteiger partial charge in [-0.2, -0.15) is 0 Å². The van der Waals surface area contributed by atoms with E-state index in [1.807, 2.05) is 53.4 Å². The van der Waals surface area contributed by atoms with E-state index in [0.29, 0.717) is 18.0 Å². The van der Waals surface area contributed by atoms with Crippen molar-refractivity contribution in [3.63, 3.8) is 0 Å². The fourth-order valence-electron chi connectivity index (χ4n) is 4.43. The Bertz CT molecular complexity index is 1280. The molecule has 0 radical (unpaired) electrons. The minimum Gasteiger partial charge on any atom is -0.497 e. The number of carbonyl (C=O) groups excluding carboxylic acids is 1. The van der Waals surface area contributed by atoms with Crippen LogP contribution in [-0.4, -0.2) is 22.6 Å². The van der Waals surface area contributed by atoms with E-state index in [1.165, 1.54) is 0 Å². The Morgan fingerprint density at radius 1 is 0.969 bits per heavy atom. The second-order valence-corrected chi connectivity index (χ2v) is 8.04. The fraction of sp³-hybridized carbons (Fsp3) is 0.148. The molecule has 1 N–H and O–H groups in total. The van der Waals surface area contributed by atoms with Crippen LogP contribution in [0.25, 0.3) is 5.69 Å². The normalized spacial score (nSPS) is 14.8. The molecule has 1 aromatic heterocycles. The molecule has 0 saturated heterocycles. The molecule has 0 bridgehead atoms. The van der Waals surface area contributed by atoms with E-state index >= 15 is 0 Å². The summed E-state index contributed by atoms with van der Waals surface area (Å²) in [5.74, 6) is 0.702. The Hall–Kier alpha value is -3.99. The van der Waals surface area contributed by atoms with Gasteiger partial charge in [-0.05, 0) is 48.4 Å². The number of hydrogen-bond acceptors (Lipinski definition) is 2. The maximum absolute atomic E-state index is 13.7. The molecule has 0 saturated carbocycles. The van der Waals surface area contributed by atoms with Crippen molar-refractivity contribution in [2.24, 2.45) is 0 Å². The van der Waals surface area contributed by atoms with Crippen LogP contribution in [0.15, 0.2) is 91.1 Å². The van der Waals surface area contributed by atoms with Crippen LogP contribution in [0.3, 0.4) is 0 Å². The van der Waals surface area contributed by atoms with Crippen LogP contribution in [-0.2, 0) is 6.54 Å². The number of urea groups is 1. The van der Waals surface area contributed by atoms with Gasteiger partial charge in [-0.15, -0.1) is 0 Å². The van der Waals surface area contributed by atoms with Gasteiger partial charge < -0.3 is 19.5 Å². The van der Waals surface area contributed by atoms with Gasteiger partial charge in [0.05, 0.1) is 25.4 Å². The number of amides is 2. The first-order chi connectivity index (χ1) is 15.6. The Labute approximate surface area is 187 Å². The molecule has 4 aromatic rings. The van der Waals surface area contributed by atoms with E-state index in [1.54, 1.807) is 7.11 Å². The molecule has 32 heavy (non-hydrogen) atoms. The zero-order valence-corrected chi connectivity index (χ0v) is 18.2. The van der Waals surface area contributed by atoms with Gasteiger partial charge in [0, 0.05) is 23.6 Å². The predicted octanol–water partition coefficient (Wildman–Crippen LogP) is 5.93. The average Bonchev–Trinajstić information content (AvgIpc) is 3.23. The quantitative estimate of drug-likeness (QED) is 0.444. The van der Waals surface area contributed by atoms with Crippen LogP contribution in [0.5, 0.6) is 5.75 Å². The van der Waals surface area contributed by atoms with Crippen LogP contribution in [0.1, 0.15) is 28.4 Å². The summed E-state index contributed by atoms with van der Waals surface area (Å²) in [5.41, 5.74) is 6.20. The minimum atomic E-state index is -0.233. The Balaban J connectivity index is 1.62. The molecule has 5 heteroatoms. The summed E-state index contributed by atoms with van der Waals surface area (Å²) < 4.78 is 7.52. The van der Waals surface area contributed by atoms with Crippen molar-refractivity contribution >= 4 is 11.7 Å². The molecule has 1 aliphatic rings. The first kappa shape index (κ1) is 19.9. The highest BCUT2D eigenvalue weighted by Crippen LogP contribution is 2.37. The number of para-hydroxylation sites is 1. The molecule has 160 valence electrons. The smallest absolute Gasteiger partial charge is 0.322 e. The van der Waals surface area contributed by atoms with E-state index in [2.05, 4.69) is 59.4 Å². The van der Waals surface area contributed by atoms with Gasteiger partial charge in [-0.25, -0.2) is 4.79 Å². The number of nitrogens with zero attached hydrogens (tertiary/aromatic N) is 2. The maximum Gasteiger partial charge on any atom is 0.322 e. The molecule has 0 spiro atoms. The lowest BCUT2D eigenvalue weighted by molar-refractivity contribution is 0.194. The van der Waals surface area contributed by atoms with Crippen molar-refractivity contribution in [2.75, 3.05) is 12.4 Å². The lowest BCUT2D eigenvalue weighted by atomic mass is 10.00. The van der Waals surface area contributed by atoms with Crippen molar-refractivity contribution in [2.45, 2.75) is 19.5 Å². The third kappa shape index (κ3) is 3.62. The number of aryl methyl sites for hydroxylation is 1. The number of hydrogen-bond donors (Lipinski definition) is 1. The van der Waals surface area contributed by atoms with E-state index in [-0.39, 0.29) is 12.1 Å². The minimum absolute atomic E-state index is 0.158. The van der Waals surface area contributed by atoms with Gasteiger partial charge in [0.2, 0.25) is 0 Å². The third-order valence-corrected chi connectivity index (χ3v) is 5.90. The summed E-state index contributed by atoms with van der Waals surface area (Å²) in [7, 11) is 1.62. The molecule has 2 heterocycles. The molecular weight excluding hydrogens is 398 g/mol. The number of anilines is 1. The molecular formula is C27H25N3O2. The van der Waals surface area contributed by atoms with Gasteiger partial charge in [0.15, 0.2) is 0 Å². The summed E-state index contributed by atoms with van der Waals surface area (Å²) in [4.78, 5) is 15.6. The van der Waals surface area contributed by atoms with Gasteiger partial charge in [0.25, 0.3) is 0 Å². The molecule has 0 fully saturated rings. The molecule has 1 unspecified atom stereocenters. The molecule has 0 aliphatic carbocycles. The number of aromatic nitrogens is 1. The monoisotopic (exact) mass is 423 g/mol. The van der Waals surface area contributed by atoms with Crippen LogP contribution in [0.4, 0.5) is 10.5 Å². The first-order valence-corrected chi connectivity index (χ1v) is 10.7. The Morgan fingerprint density at radius 3 is 2.66 bits per heavy atom. The number of carbonyl (C=O) groups is 1. The van der Waals surface area contributed by atoms with Crippen LogP contribution in [0, 0.1) is 6.92 Å². The van der Waals surface area contributed by atoms with Crippen LogP contribution < -0.4 is 10.1 Å². The van der Waals surface area contributed by atoms with Crippen molar-refractivity contribution in [3.8, 4) is 11.4 Å². The van der Waals surface area contributed by atoms with Crippen molar-refractivity contribution < 1.29 is 9.53 Å². The predicted molar refractivity (Wildman–Crippen MR) is 126 cm³/mol. The fourth-order valence-corrected chi connectivity index (χ4v) is 4.43. The summed E-state index contributed by atoms with van der Waals surface area (Å²) >= 11 is 0. The van der Waals surface area contributed by atoms with Crippen molar-refractivity contribution in [1.29, 1.82) is 0 Å². The van der Waals surface area contributed by atoms with Gasteiger partial charge >= 0.3 is 6.03 Å². The largest absolute Gasteiger partial charge is 0.497 e. The van der Waals surface area contributed by atoms with Gasteiger partial charge in [0.1, 0.15) is 5.75 Å². The van der Waals surface area contributed by atoms with Gasteiger partial charge in [-0.3, -0.25) is 0 Å². The van der Waals surface area contributed by atoms with E-state index in [0.717, 1.165) is 28.1 Å². The zero-order valence-electron chi connectivity index (χ0n) is 18.2. The lowest BCUT2D eigenvalue weighted by Gasteiger charge is -2.31. The van der Waals surface area contributed by atoms with Crippen molar-refractivity contribution in [1.82, 2.24) is 9.47 Å². The lowest BCUT2D eigenvalue weighted by Crippen LogP contribution is -2.37. The highest BCUT2D eigenvalue weighted by Gasteiger charge is 2.33. The van der Waals surface area contributed by atoms with Gasteiger partial charge in [-0.1, -0.05) is 54.1 Å². The van der Waals surface area contributed by atoms with E-state index in [9.17, 15) is 4.79 Å². The van der Waals surface area contributed by atoms with E-state index in [4.69, 9.17) is 4.74 Å². The highest BCUT2D eigenvalue weighted by molar-refractivity contribution is 5.90. The first-order valence-electron chi connectivity index (χ1n) is 10.7. The zero-order chi connectivity index (χ0) is 22.1. The molecule has 5 rings (SSSR count). The van der Waals surface area contributed by atoms with Crippen molar-refractivity contribution in [3.05, 3.63) is 114 Å².